The molecule has 0 aliphatic heterocycles. The highest BCUT2D eigenvalue weighted by molar-refractivity contribution is 6.10. The van der Waals surface area contributed by atoms with Gasteiger partial charge in [-0.05, 0) is 48.5 Å². The molecule has 4 amide bonds. The third kappa shape index (κ3) is 7.72. The van der Waals surface area contributed by atoms with Crippen LogP contribution in [0, 0.1) is 0 Å². The van der Waals surface area contributed by atoms with Crippen LogP contribution in [-0.4, -0.2) is 65.2 Å². The van der Waals surface area contributed by atoms with E-state index in [2.05, 4.69) is 21.3 Å². The molecule has 0 fully saturated rings. The molecule has 0 unspecified atom stereocenters. The minimum Gasteiger partial charge on any atom is -0.493 e. The summed E-state index contributed by atoms with van der Waals surface area (Å²) in [6.45, 7) is -0.963. The number of hydrogen-bond donors (Lipinski definition) is 4. The number of nitrogens with one attached hydrogen (secondary N) is 4. The van der Waals surface area contributed by atoms with Crippen molar-refractivity contribution in [1.29, 1.82) is 0 Å². The van der Waals surface area contributed by atoms with E-state index in [9.17, 15) is 19.2 Å². The minimum absolute atomic E-state index is 0.0243. The first-order valence-corrected chi connectivity index (χ1v) is 14.1. The second-order valence-electron chi connectivity index (χ2n) is 9.60. The van der Waals surface area contributed by atoms with Crippen molar-refractivity contribution in [3.05, 3.63) is 96.1 Å². The minimum atomic E-state index is -0.533. The maximum Gasteiger partial charge on any atom is 0.262 e. The largest absolute Gasteiger partial charge is 0.493 e. The topological polar surface area (TPSA) is 153 Å². The number of amides is 4. The molecule has 46 heavy (non-hydrogen) atoms. The van der Waals surface area contributed by atoms with Gasteiger partial charge in [0, 0.05) is 36.6 Å². The number of ether oxygens (including phenoxy) is 4. The van der Waals surface area contributed by atoms with Gasteiger partial charge >= 0.3 is 0 Å². The number of carbonyl (C=O) groups is 4. The van der Waals surface area contributed by atoms with Crippen LogP contribution in [0.3, 0.4) is 0 Å². The van der Waals surface area contributed by atoms with E-state index in [0.29, 0.717) is 11.4 Å². The van der Waals surface area contributed by atoms with Crippen LogP contribution >= 0.6 is 0 Å². The van der Waals surface area contributed by atoms with E-state index >= 15 is 0 Å². The molecule has 4 N–H and O–H groups in total. The van der Waals surface area contributed by atoms with Crippen molar-refractivity contribution in [2.24, 2.45) is 0 Å². The summed E-state index contributed by atoms with van der Waals surface area (Å²) in [5, 5.41) is 10.7. The Kier molecular flexibility index (Phi) is 11.2. The second kappa shape index (κ2) is 15.6. The van der Waals surface area contributed by atoms with E-state index in [4.69, 9.17) is 18.9 Å². The first kappa shape index (κ1) is 32.9. The number of hydrogen-bond acceptors (Lipinski definition) is 8. The summed E-state index contributed by atoms with van der Waals surface area (Å²) in [7, 11) is 5.68. The van der Waals surface area contributed by atoms with Crippen molar-refractivity contribution >= 4 is 35.0 Å². The van der Waals surface area contributed by atoms with Crippen molar-refractivity contribution < 1.29 is 38.1 Å². The Morgan fingerprint density at radius 2 is 0.913 bits per heavy atom. The number of rotatable bonds is 13. The molecule has 12 nitrogen and oxygen atoms in total. The lowest BCUT2D eigenvalue weighted by Gasteiger charge is -2.23. The van der Waals surface area contributed by atoms with Gasteiger partial charge in [0.15, 0.2) is 36.2 Å². The van der Waals surface area contributed by atoms with Crippen LogP contribution in [0.25, 0.3) is 11.1 Å². The van der Waals surface area contributed by atoms with Crippen molar-refractivity contribution in [1.82, 2.24) is 10.6 Å². The fourth-order valence-electron chi connectivity index (χ4n) is 4.59. The number of carbonyl (C=O) groups excluding carboxylic acids is 4. The molecule has 0 saturated heterocycles. The molecule has 0 bridgehead atoms. The van der Waals surface area contributed by atoms with Crippen LogP contribution in [0.2, 0.25) is 0 Å². The Labute approximate surface area is 266 Å². The highest BCUT2D eigenvalue weighted by Gasteiger charge is 2.30. The molecule has 0 aliphatic rings. The Balaban J connectivity index is 1.87. The zero-order chi connectivity index (χ0) is 33.1. The van der Waals surface area contributed by atoms with Crippen LogP contribution in [0.4, 0.5) is 11.4 Å². The SMILES string of the molecule is CNC(=O)c1ccc(OC)c(OCC(=O)Nc2ccccc2)c1-c1c(C(=O)NC)ccc(OC)c1OCC(=O)Nc1ccccc1. The summed E-state index contributed by atoms with van der Waals surface area (Å²) in [6, 6.07) is 23.6. The van der Waals surface area contributed by atoms with Gasteiger partial charge in [0.25, 0.3) is 23.6 Å². The lowest BCUT2D eigenvalue weighted by molar-refractivity contribution is -0.118. The molecule has 0 spiro atoms. The van der Waals surface area contributed by atoms with Gasteiger partial charge in [0.05, 0.1) is 25.3 Å². The Morgan fingerprint density at radius 3 is 1.24 bits per heavy atom. The monoisotopic (exact) mass is 626 g/mol. The molecule has 238 valence electrons. The van der Waals surface area contributed by atoms with Crippen LogP contribution in [-0.2, 0) is 9.59 Å². The van der Waals surface area contributed by atoms with Crippen LogP contribution in [0.5, 0.6) is 23.0 Å². The quantitative estimate of drug-likeness (QED) is 0.173. The highest BCUT2D eigenvalue weighted by Crippen LogP contribution is 2.49. The highest BCUT2D eigenvalue weighted by atomic mass is 16.5. The average Bonchev–Trinajstić information content (AvgIpc) is 3.09. The van der Waals surface area contributed by atoms with E-state index in [1.165, 1.54) is 52.6 Å². The molecule has 0 saturated carbocycles. The number of anilines is 2. The zero-order valence-electron chi connectivity index (χ0n) is 25.8. The predicted octanol–water partition coefficient (Wildman–Crippen LogP) is 4.13. The van der Waals surface area contributed by atoms with Gasteiger partial charge in [-0.3, -0.25) is 19.2 Å². The molecule has 12 heteroatoms. The van der Waals surface area contributed by atoms with E-state index in [1.807, 2.05) is 12.1 Å². The molecule has 0 radical (unpaired) electrons. The summed E-state index contributed by atoms with van der Waals surface area (Å²) in [6.07, 6.45) is 0. The van der Waals surface area contributed by atoms with Crippen molar-refractivity contribution in [3.63, 3.8) is 0 Å². The maximum absolute atomic E-state index is 13.3. The lowest BCUT2D eigenvalue weighted by Crippen LogP contribution is -2.24. The molecule has 4 aromatic carbocycles. The lowest BCUT2D eigenvalue weighted by atomic mass is 9.91. The van der Waals surface area contributed by atoms with Crippen LogP contribution in [0.1, 0.15) is 20.7 Å². The summed E-state index contributed by atoms with van der Waals surface area (Å²) in [5.41, 5.74) is 1.39. The molecule has 0 aliphatic carbocycles. The molecule has 0 heterocycles. The summed E-state index contributed by atoms with van der Waals surface area (Å²) in [4.78, 5) is 52.4. The zero-order valence-corrected chi connectivity index (χ0v) is 25.8. The molecule has 0 atom stereocenters. The van der Waals surface area contributed by atoms with Gasteiger partial charge in [0.2, 0.25) is 0 Å². The van der Waals surface area contributed by atoms with Crippen LogP contribution < -0.4 is 40.2 Å². The molecule has 4 rings (SSSR count). The Morgan fingerprint density at radius 1 is 0.543 bits per heavy atom. The van der Waals surface area contributed by atoms with Gasteiger partial charge in [0.1, 0.15) is 0 Å². The first-order valence-electron chi connectivity index (χ1n) is 14.1. The fraction of sp³-hybridized carbons (Fsp3) is 0.176. The first-order chi connectivity index (χ1) is 22.3. The molecular weight excluding hydrogens is 592 g/mol. The van der Waals surface area contributed by atoms with Gasteiger partial charge < -0.3 is 40.2 Å². The molecular formula is C34H34N4O8. The second-order valence-corrected chi connectivity index (χ2v) is 9.60. The predicted molar refractivity (Wildman–Crippen MR) is 173 cm³/mol. The van der Waals surface area contributed by atoms with Gasteiger partial charge in [-0.1, -0.05) is 36.4 Å². The van der Waals surface area contributed by atoms with Crippen molar-refractivity contribution in [3.8, 4) is 34.1 Å². The Bertz CT molecular complexity index is 1580. The normalized spacial score (nSPS) is 10.3. The van der Waals surface area contributed by atoms with E-state index < -0.39 is 36.8 Å². The summed E-state index contributed by atoms with van der Waals surface area (Å²) in [5.74, 6) is -1.77. The van der Waals surface area contributed by atoms with Gasteiger partial charge in [-0.2, -0.15) is 0 Å². The van der Waals surface area contributed by atoms with Crippen molar-refractivity contribution in [2.75, 3.05) is 52.2 Å². The third-order valence-corrected chi connectivity index (χ3v) is 6.69. The fourth-order valence-corrected chi connectivity index (χ4v) is 4.59. The summed E-state index contributed by atoms with van der Waals surface area (Å²) < 4.78 is 23.3. The van der Waals surface area contributed by atoms with E-state index in [1.54, 1.807) is 48.5 Å². The molecule has 0 aromatic heterocycles. The maximum atomic E-state index is 13.3. The average molecular weight is 627 g/mol. The number of para-hydroxylation sites is 2. The number of methoxy groups -OCH3 is 2. The van der Waals surface area contributed by atoms with E-state index in [-0.39, 0.29) is 45.3 Å². The smallest absolute Gasteiger partial charge is 0.262 e. The van der Waals surface area contributed by atoms with Crippen molar-refractivity contribution in [2.45, 2.75) is 0 Å². The third-order valence-electron chi connectivity index (χ3n) is 6.69. The summed E-state index contributed by atoms with van der Waals surface area (Å²) >= 11 is 0. The van der Waals surface area contributed by atoms with E-state index in [0.717, 1.165) is 0 Å². The van der Waals surface area contributed by atoms with Crippen LogP contribution in [0.15, 0.2) is 84.9 Å². The number of benzene rings is 4. The molecule has 4 aromatic rings. The standard InChI is InChI=1S/C34H34N4O8/c1-35-33(41)23-15-17-25(43-3)31(45-19-27(39)37-21-11-7-5-8-12-21)29(23)30-24(34(42)36-2)16-18-26(44-4)32(30)46-20-28(40)38-22-13-9-6-10-14-22/h5-18H,19-20H2,1-4H3,(H,35,41)(H,36,42)(H,37,39)(H,38,40). The van der Waals surface area contributed by atoms with Gasteiger partial charge in [-0.15, -0.1) is 0 Å². The van der Waals surface area contributed by atoms with Gasteiger partial charge in [-0.25, -0.2) is 0 Å². The Hall–Kier alpha value is -6.04.